The van der Waals surface area contributed by atoms with Crippen LogP contribution in [0.15, 0.2) is 36.4 Å². The fraction of sp³-hybridized carbons (Fsp3) is 0.333. The Morgan fingerprint density at radius 3 is 2.00 bits per heavy atom. The molecule has 2 aromatic rings. The van der Waals surface area contributed by atoms with Gasteiger partial charge in [-0.15, -0.1) is 0 Å². The van der Waals surface area contributed by atoms with Gasteiger partial charge in [0.15, 0.2) is 0 Å². The summed E-state index contributed by atoms with van der Waals surface area (Å²) in [5, 5.41) is 1.72. The van der Waals surface area contributed by atoms with Gasteiger partial charge in [-0.2, -0.15) is 0 Å². The first-order valence-electron chi connectivity index (χ1n) is 7.66. The van der Waals surface area contributed by atoms with Gasteiger partial charge in [-0.3, -0.25) is 19.4 Å². The van der Waals surface area contributed by atoms with E-state index in [9.17, 15) is 9.59 Å². The monoisotopic (exact) mass is 296 g/mol. The van der Waals surface area contributed by atoms with E-state index in [4.69, 9.17) is 0 Å². The number of carbonyl (C=O) groups excluding carboxylic acids is 2. The molecule has 0 atom stereocenters. The van der Waals surface area contributed by atoms with Crippen LogP contribution in [0.5, 0.6) is 0 Å². The zero-order valence-corrected chi connectivity index (χ0v) is 13.2. The summed E-state index contributed by atoms with van der Waals surface area (Å²) >= 11 is 0. The zero-order chi connectivity index (χ0) is 15.9. The minimum Gasteiger partial charge on any atom is -0.283 e. The van der Waals surface area contributed by atoms with Gasteiger partial charge in [0, 0.05) is 22.6 Å². The van der Waals surface area contributed by atoms with E-state index in [-0.39, 0.29) is 17.9 Å². The molecule has 0 unspecified atom stereocenters. The second-order valence-electron chi connectivity index (χ2n) is 5.89. The van der Waals surface area contributed by atoms with Crippen LogP contribution in [-0.2, 0) is 0 Å². The quantitative estimate of drug-likeness (QED) is 0.814. The van der Waals surface area contributed by atoms with E-state index in [1.54, 1.807) is 12.1 Å². The average molecular weight is 296 g/mol. The Hall–Kier alpha value is -2.20. The third kappa shape index (κ3) is 2.20. The number of amides is 2. The van der Waals surface area contributed by atoms with Crippen molar-refractivity contribution in [2.24, 2.45) is 0 Å². The minimum absolute atomic E-state index is 0.201. The molecule has 3 rings (SSSR count). The number of hydrogen-bond donors (Lipinski definition) is 0. The van der Waals surface area contributed by atoms with Crippen molar-refractivity contribution >= 4 is 22.6 Å². The molecule has 0 radical (unpaired) electrons. The fourth-order valence-corrected chi connectivity index (χ4v) is 3.02. The van der Waals surface area contributed by atoms with Crippen molar-refractivity contribution in [3.8, 4) is 0 Å². The third-order valence-electron chi connectivity index (χ3n) is 4.32. The predicted molar refractivity (Wildman–Crippen MR) is 86.8 cm³/mol. The lowest BCUT2D eigenvalue weighted by Crippen LogP contribution is -2.48. The molecule has 4 heteroatoms. The van der Waals surface area contributed by atoms with Crippen LogP contribution in [0.3, 0.4) is 0 Å². The van der Waals surface area contributed by atoms with Crippen molar-refractivity contribution < 1.29 is 9.59 Å². The van der Waals surface area contributed by atoms with Crippen LogP contribution in [0, 0.1) is 0 Å². The van der Waals surface area contributed by atoms with Crippen molar-refractivity contribution in [1.82, 2.24) is 9.80 Å². The molecule has 0 spiro atoms. The molecule has 0 fully saturated rings. The lowest BCUT2D eigenvalue weighted by atomic mass is 9.94. The molecular formula is C18H20N2O2. The van der Waals surface area contributed by atoms with Crippen LogP contribution in [0.2, 0.25) is 0 Å². The molecule has 1 aliphatic rings. The topological polar surface area (TPSA) is 40.6 Å². The fourth-order valence-electron chi connectivity index (χ4n) is 3.02. The first-order valence-corrected chi connectivity index (χ1v) is 7.66. The lowest BCUT2D eigenvalue weighted by Gasteiger charge is -2.33. The SMILES string of the molecule is CCN(CN1C(=O)c2cccc3cccc(c23)C1=O)C(C)C. The van der Waals surface area contributed by atoms with Crippen molar-refractivity contribution in [1.29, 1.82) is 0 Å². The number of rotatable bonds is 4. The highest BCUT2D eigenvalue weighted by Gasteiger charge is 2.33. The molecule has 0 saturated heterocycles. The summed E-state index contributed by atoms with van der Waals surface area (Å²) in [5.41, 5.74) is 1.24. The molecule has 114 valence electrons. The Bertz CT molecular complexity index is 701. The minimum atomic E-state index is -0.201. The maximum atomic E-state index is 12.8. The van der Waals surface area contributed by atoms with Crippen molar-refractivity contribution in [2.45, 2.75) is 26.8 Å². The first kappa shape index (κ1) is 14.7. The second kappa shape index (κ2) is 5.54. The van der Waals surface area contributed by atoms with Gasteiger partial charge in [0.05, 0.1) is 6.67 Å². The highest BCUT2D eigenvalue weighted by Crippen LogP contribution is 2.30. The van der Waals surface area contributed by atoms with Gasteiger partial charge in [-0.25, -0.2) is 0 Å². The van der Waals surface area contributed by atoms with Crippen LogP contribution < -0.4 is 0 Å². The number of imide groups is 1. The molecule has 0 bridgehead atoms. The Morgan fingerprint density at radius 1 is 1.00 bits per heavy atom. The number of nitrogens with zero attached hydrogens (tertiary/aromatic N) is 2. The van der Waals surface area contributed by atoms with Crippen LogP contribution in [-0.4, -0.2) is 40.9 Å². The van der Waals surface area contributed by atoms with Crippen molar-refractivity contribution in [3.05, 3.63) is 47.5 Å². The standard InChI is InChI=1S/C18H20N2O2/c1-4-19(12(2)3)11-20-17(21)14-9-5-7-13-8-6-10-15(16(13)14)18(20)22/h5-10,12H,4,11H2,1-3H3. The summed E-state index contributed by atoms with van der Waals surface area (Å²) < 4.78 is 0. The summed E-state index contributed by atoms with van der Waals surface area (Å²) in [6.07, 6.45) is 0. The van der Waals surface area contributed by atoms with E-state index in [0.29, 0.717) is 17.8 Å². The molecule has 1 heterocycles. The molecule has 2 aromatic carbocycles. The molecule has 2 amide bonds. The Kier molecular flexibility index (Phi) is 3.71. The van der Waals surface area contributed by atoms with E-state index >= 15 is 0 Å². The highest BCUT2D eigenvalue weighted by molar-refractivity contribution is 6.25. The molecule has 0 N–H and O–H groups in total. The number of benzene rings is 2. The summed E-state index contributed by atoms with van der Waals surface area (Å²) in [7, 11) is 0. The van der Waals surface area contributed by atoms with E-state index in [0.717, 1.165) is 17.3 Å². The summed E-state index contributed by atoms with van der Waals surface area (Å²) in [6.45, 7) is 7.29. The predicted octanol–water partition coefficient (Wildman–Crippen LogP) is 3.12. The van der Waals surface area contributed by atoms with E-state index in [2.05, 4.69) is 18.7 Å². The smallest absolute Gasteiger partial charge is 0.262 e. The number of carbonyl (C=O) groups is 2. The summed E-state index contributed by atoms with van der Waals surface area (Å²) in [6, 6.07) is 11.5. The molecular weight excluding hydrogens is 276 g/mol. The summed E-state index contributed by atoms with van der Waals surface area (Å²) in [4.78, 5) is 29.0. The Balaban J connectivity index is 2.08. The molecule has 0 aliphatic carbocycles. The Morgan fingerprint density at radius 2 is 1.55 bits per heavy atom. The molecule has 0 aromatic heterocycles. The summed E-state index contributed by atoms with van der Waals surface area (Å²) in [5.74, 6) is -0.401. The van der Waals surface area contributed by atoms with Gasteiger partial charge in [0.2, 0.25) is 0 Å². The molecule has 1 aliphatic heterocycles. The largest absolute Gasteiger partial charge is 0.283 e. The van der Waals surface area contributed by atoms with Crippen LogP contribution in [0.1, 0.15) is 41.5 Å². The van der Waals surface area contributed by atoms with Crippen LogP contribution in [0.4, 0.5) is 0 Å². The van der Waals surface area contributed by atoms with E-state index in [1.165, 1.54) is 4.90 Å². The first-order chi connectivity index (χ1) is 10.5. The van der Waals surface area contributed by atoms with Crippen molar-refractivity contribution in [2.75, 3.05) is 13.2 Å². The highest BCUT2D eigenvalue weighted by atomic mass is 16.2. The second-order valence-corrected chi connectivity index (χ2v) is 5.89. The van der Waals surface area contributed by atoms with Gasteiger partial charge in [0.1, 0.15) is 0 Å². The van der Waals surface area contributed by atoms with Gasteiger partial charge in [-0.1, -0.05) is 31.2 Å². The van der Waals surface area contributed by atoms with Gasteiger partial charge < -0.3 is 0 Å². The molecule has 4 nitrogen and oxygen atoms in total. The van der Waals surface area contributed by atoms with Gasteiger partial charge >= 0.3 is 0 Å². The Labute approximate surface area is 130 Å². The van der Waals surface area contributed by atoms with Crippen LogP contribution >= 0.6 is 0 Å². The third-order valence-corrected chi connectivity index (χ3v) is 4.32. The molecule has 0 saturated carbocycles. The normalized spacial score (nSPS) is 14.5. The van der Waals surface area contributed by atoms with Gasteiger partial charge in [0.25, 0.3) is 11.8 Å². The molecule has 22 heavy (non-hydrogen) atoms. The van der Waals surface area contributed by atoms with E-state index < -0.39 is 0 Å². The zero-order valence-electron chi connectivity index (χ0n) is 13.2. The number of hydrogen-bond acceptors (Lipinski definition) is 3. The van der Waals surface area contributed by atoms with E-state index in [1.807, 2.05) is 31.2 Å². The average Bonchev–Trinajstić information content (AvgIpc) is 2.52. The van der Waals surface area contributed by atoms with Crippen LogP contribution in [0.25, 0.3) is 10.8 Å². The van der Waals surface area contributed by atoms with Gasteiger partial charge in [-0.05, 0) is 37.9 Å². The maximum absolute atomic E-state index is 12.8. The lowest BCUT2D eigenvalue weighted by molar-refractivity contribution is 0.0469. The maximum Gasteiger partial charge on any atom is 0.262 e. The van der Waals surface area contributed by atoms with Crippen molar-refractivity contribution in [3.63, 3.8) is 0 Å².